The number of hydrogen-bond acceptors (Lipinski definition) is 6. The average molecular weight is 286 g/mol. The standard InChI is InChI=1S/C14H14N4O3/c1-15-11-4-3-9(7-12(11)18-20)21-10-5-6-17-13(8-10)14(19)16-2/h3-8,15H,1-2H3,(H,16,19). The number of rotatable bonds is 5. The predicted octanol–water partition coefficient (Wildman–Crippen LogP) is 2.67. The second kappa shape index (κ2) is 6.47. The molecule has 0 aliphatic rings. The smallest absolute Gasteiger partial charge is 0.269 e. The second-order valence-corrected chi connectivity index (χ2v) is 4.08. The van der Waals surface area contributed by atoms with E-state index in [-0.39, 0.29) is 17.3 Å². The molecule has 0 aliphatic carbocycles. The van der Waals surface area contributed by atoms with Gasteiger partial charge in [0.25, 0.3) is 5.91 Å². The first-order valence-electron chi connectivity index (χ1n) is 6.19. The SMILES string of the molecule is CNC(=O)c1cc(Oc2ccc(NC)c(N=O)c2)ccn1. The predicted molar refractivity (Wildman–Crippen MR) is 79.1 cm³/mol. The molecule has 21 heavy (non-hydrogen) atoms. The molecule has 0 atom stereocenters. The molecule has 0 saturated heterocycles. The van der Waals surface area contributed by atoms with Gasteiger partial charge in [0.2, 0.25) is 0 Å². The summed E-state index contributed by atoms with van der Waals surface area (Å²) in [7, 11) is 3.22. The molecule has 1 amide bonds. The number of ether oxygens (including phenoxy) is 1. The number of benzene rings is 1. The fourth-order valence-electron chi connectivity index (χ4n) is 1.72. The van der Waals surface area contributed by atoms with Gasteiger partial charge >= 0.3 is 0 Å². The molecular formula is C14H14N4O3. The van der Waals surface area contributed by atoms with Crippen LogP contribution in [0, 0.1) is 4.91 Å². The Hall–Kier alpha value is -2.96. The van der Waals surface area contributed by atoms with E-state index in [0.717, 1.165) is 0 Å². The van der Waals surface area contributed by atoms with Crippen LogP contribution in [0.15, 0.2) is 41.7 Å². The highest BCUT2D eigenvalue weighted by Gasteiger charge is 2.08. The van der Waals surface area contributed by atoms with E-state index in [9.17, 15) is 9.70 Å². The Balaban J connectivity index is 2.26. The van der Waals surface area contributed by atoms with Gasteiger partial charge < -0.3 is 15.4 Å². The molecular weight excluding hydrogens is 272 g/mol. The molecule has 0 radical (unpaired) electrons. The summed E-state index contributed by atoms with van der Waals surface area (Å²) in [5.74, 6) is 0.580. The van der Waals surface area contributed by atoms with Crippen LogP contribution in [0.2, 0.25) is 0 Å². The minimum absolute atomic E-state index is 0.246. The fourth-order valence-corrected chi connectivity index (χ4v) is 1.72. The van der Waals surface area contributed by atoms with E-state index in [1.165, 1.54) is 25.4 Å². The van der Waals surface area contributed by atoms with Crippen LogP contribution in [0.25, 0.3) is 0 Å². The topological polar surface area (TPSA) is 92.7 Å². The molecule has 1 heterocycles. The maximum Gasteiger partial charge on any atom is 0.269 e. The van der Waals surface area contributed by atoms with E-state index in [0.29, 0.717) is 17.2 Å². The Morgan fingerprint density at radius 2 is 1.95 bits per heavy atom. The first-order chi connectivity index (χ1) is 10.2. The van der Waals surface area contributed by atoms with Gasteiger partial charge in [-0.2, -0.15) is 0 Å². The van der Waals surface area contributed by atoms with Crippen molar-refractivity contribution in [2.24, 2.45) is 5.18 Å². The van der Waals surface area contributed by atoms with E-state index in [4.69, 9.17) is 4.74 Å². The van der Waals surface area contributed by atoms with Gasteiger partial charge in [0.15, 0.2) is 0 Å². The van der Waals surface area contributed by atoms with Gasteiger partial charge in [-0.15, -0.1) is 4.91 Å². The molecule has 7 heteroatoms. The number of carbonyl (C=O) groups is 1. The van der Waals surface area contributed by atoms with Crippen molar-refractivity contribution in [2.75, 3.05) is 19.4 Å². The number of pyridine rings is 1. The quantitative estimate of drug-likeness (QED) is 0.824. The Morgan fingerprint density at radius 3 is 2.62 bits per heavy atom. The number of hydrogen-bond donors (Lipinski definition) is 2. The average Bonchev–Trinajstić information content (AvgIpc) is 2.54. The summed E-state index contributed by atoms with van der Waals surface area (Å²) < 4.78 is 5.61. The second-order valence-electron chi connectivity index (χ2n) is 4.08. The lowest BCUT2D eigenvalue weighted by Crippen LogP contribution is -2.18. The summed E-state index contributed by atoms with van der Waals surface area (Å²) in [6, 6.07) is 8.03. The summed E-state index contributed by atoms with van der Waals surface area (Å²) in [6.07, 6.45) is 1.47. The molecule has 108 valence electrons. The Kier molecular flexibility index (Phi) is 4.45. The maximum absolute atomic E-state index is 11.5. The molecule has 0 saturated carbocycles. The van der Waals surface area contributed by atoms with Crippen LogP contribution in [0.4, 0.5) is 11.4 Å². The molecule has 1 aromatic heterocycles. The van der Waals surface area contributed by atoms with Crippen LogP contribution in [0.5, 0.6) is 11.5 Å². The highest BCUT2D eigenvalue weighted by molar-refractivity contribution is 5.92. The maximum atomic E-state index is 11.5. The lowest BCUT2D eigenvalue weighted by Gasteiger charge is -2.09. The van der Waals surface area contributed by atoms with E-state index < -0.39 is 0 Å². The minimum atomic E-state index is -0.304. The van der Waals surface area contributed by atoms with Crippen LogP contribution >= 0.6 is 0 Å². The molecule has 0 aliphatic heterocycles. The van der Waals surface area contributed by atoms with E-state index >= 15 is 0 Å². The number of nitrogens with zero attached hydrogens (tertiary/aromatic N) is 2. The van der Waals surface area contributed by atoms with Crippen LogP contribution in [0.3, 0.4) is 0 Å². The van der Waals surface area contributed by atoms with Gasteiger partial charge in [0, 0.05) is 32.4 Å². The monoisotopic (exact) mass is 286 g/mol. The van der Waals surface area contributed by atoms with Crippen LogP contribution in [-0.4, -0.2) is 25.0 Å². The molecule has 0 fully saturated rings. The largest absolute Gasteiger partial charge is 0.457 e. The number of anilines is 1. The van der Waals surface area contributed by atoms with Crippen molar-refractivity contribution in [2.45, 2.75) is 0 Å². The summed E-state index contributed by atoms with van der Waals surface area (Å²) in [5.41, 5.74) is 1.10. The van der Waals surface area contributed by atoms with Crippen molar-refractivity contribution in [1.29, 1.82) is 0 Å². The highest BCUT2D eigenvalue weighted by atomic mass is 16.5. The minimum Gasteiger partial charge on any atom is -0.457 e. The van der Waals surface area contributed by atoms with Gasteiger partial charge in [-0.25, -0.2) is 0 Å². The summed E-state index contributed by atoms with van der Waals surface area (Å²) in [5, 5.41) is 8.27. The van der Waals surface area contributed by atoms with Crippen molar-refractivity contribution < 1.29 is 9.53 Å². The van der Waals surface area contributed by atoms with Crippen LogP contribution < -0.4 is 15.4 Å². The van der Waals surface area contributed by atoms with Gasteiger partial charge in [0.05, 0.1) is 5.69 Å². The molecule has 2 aromatic rings. The Bertz CT molecular complexity index is 673. The highest BCUT2D eigenvalue weighted by Crippen LogP contribution is 2.31. The Morgan fingerprint density at radius 1 is 1.19 bits per heavy atom. The first kappa shape index (κ1) is 14.4. The van der Waals surface area contributed by atoms with Crippen LogP contribution in [-0.2, 0) is 0 Å². The normalized spacial score (nSPS) is 9.81. The third-order valence-corrected chi connectivity index (χ3v) is 2.76. The molecule has 0 unspecified atom stereocenters. The zero-order valence-corrected chi connectivity index (χ0v) is 11.6. The van der Waals surface area contributed by atoms with Crippen molar-refractivity contribution in [3.05, 3.63) is 47.1 Å². The number of nitrogens with one attached hydrogen (secondary N) is 2. The molecule has 0 bridgehead atoms. The van der Waals surface area contributed by atoms with E-state index in [2.05, 4.69) is 20.8 Å². The number of carbonyl (C=O) groups excluding carboxylic acids is 1. The Labute approximate surface area is 121 Å². The van der Waals surface area contributed by atoms with E-state index in [1.807, 2.05) is 0 Å². The third-order valence-electron chi connectivity index (χ3n) is 2.76. The van der Waals surface area contributed by atoms with Gasteiger partial charge in [-0.05, 0) is 23.4 Å². The summed E-state index contributed by atoms with van der Waals surface area (Å²) >= 11 is 0. The van der Waals surface area contributed by atoms with Crippen LogP contribution in [0.1, 0.15) is 10.5 Å². The third kappa shape index (κ3) is 3.33. The fraction of sp³-hybridized carbons (Fsp3) is 0.143. The lowest BCUT2D eigenvalue weighted by molar-refractivity contribution is 0.0958. The van der Waals surface area contributed by atoms with Gasteiger partial charge in [-0.3, -0.25) is 9.78 Å². The zero-order valence-electron chi connectivity index (χ0n) is 11.6. The van der Waals surface area contributed by atoms with Gasteiger partial charge in [-0.1, -0.05) is 0 Å². The zero-order chi connectivity index (χ0) is 15.2. The molecule has 2 N–H and O–H groups in total. The van der Waals surface area contributed by atoms with Gasteiger partial charge in [0.1, 0.15) is 22.9 Å². The van der Waals surface area contributed by atoms with Crippen molar-refractivity contribution in [1.82, 2.24) is 10.3 Å². The summed E-state index contributed by atoms with van der Waals surface area (Å²) in [4.78, 5) is 26.2. The van der Waals surface area contributed by atoms with E-state index in [1.54, 1.807) is 25.2 Å². The number of nitroso groups, excluding NO2 is 1. The molecule has 1 aromatic carbocycles. The summed E-state index contributed by atoms with van der Waals surface area (Å²) in [6.45, 7) is 0. The molecule has 2 rings (SSSR count). The van der Waals surface area contributed by atoms with Crippen molar-refractivity contribution >= 4 is 17.3 Å². The molecule has 7 nitrogen and oxygen atoms in total. The first-order valence-corrected chi connectivity index (χ1v) is 6.19. The number of aromatic nitrogens is 1. The van der Waals surface area contributed by atoms with Crippen molar-refractivity contribution in [3.8, 4) is 11.5 Å². The number of amides is 1. The van der Waals surface area contributed by atoms with Crippen molar-refractivity contribution in [3.63, 3.8) is 0 Å². The lowest BCUT2D eigenvalue weighted by atomic mass is 10.2. The molecule has 0 spiro atoms.